The summed E-state index contributed by atoms with van der Waals surface area (Å²) in [4.78, 5) is 4.64. The fourth-order valence-corrected chi connectivity index (χ4v) is 4.35. The van der Waals surface area contributed by atoms with Crippen molar-refractivity contribution >= 4 is 33.3 Å². The van der Waals surface area contributed by atoms with Crippen molar-refractivity contribution in [1.82, 2.24) is 25.2 Å². The van der Waals surface area contributed by atoms with Crippen molar-refractivity contribution in [3.63, 3.8) is 0 Å². The van der Waals surface area contributed by atoms with Gasteiger partial charge < -0.3 is 4.74 Å². The normalized spacial score (nSPS) is 18.3. The SMILES string of the molecule is c1ccc2sc(CSc3nnnn3C[C@@H]3CCCO3)nc2c1. The summed E-state index contributed by atoms with van der Waals surface area (Å²) >= 11 is 3.35. The van der Waals surface area contributed by atoms with Crippen molar-refractivity contribution in [3.8, 4) is 0 Å². The average Bonchev–Trinajstić information content (AvgIpc) is 3.26. The van der Waals surface area contributed by atoms with Crippen molar-refractivity contribution in [2.75, 3.05) is 6.61 Å². The minimum Gasteiger partial charge on any atom is -0.376 e. The molecule has 1 aliphatic rings. The maximum Gasteiger partial charge on any atom is 0.209 e. The van der Waals surface area contributed by atoms with Gasteiger partial charge in [0.2, 0.25) is 5.16 Å². The zero-order valence-corrected chi connectivity index (χ0v) is 13.5. The molecule has 22 heavy (non-hydrogen) atoms. The molecular formula is C14H15N5OS2. The smallest absolute Gasteiger partial charge is 0.209 e. The van der Waals surface area contributed by atoms with Crippen LogP contribution in [-0.4, -0.2) is 37.9 Å². The van der Waals surface area contributed by atoms with Crippen molar-refractivity contribution in [1.29, 1.82) is 0 Å². The van der Waals surface area contributed by atoms with Crippen LogP contribution in [0.5, 0.6) is 0 Å². The van der Waals surface area contributed by atoms with Gasteiger partial charge in [-0.15, -0.1) is 16.4 Å². The number of ether oxygens (including phenoxy) is 1. The summed E-state index contributed by atoms with van der Waals surface area (Å²) in [5.74, 6) is 0.783. The molecule has 0 radical (unpaired) electrons. The lowest BCUT2D eigenvalue weighted by molar-refractivity contribution is 0.0912. The minimum atomic E-state index is 0.241. The number of para-hydroxylation sites is 1. The predicted octanol–water partition coefficient (Wildman–Crippen LogP) is 2.75. The van der Waals surface area contributed by atoms with E-state index in [1.165, 1.54) is 4.70 Å². The summed E-state index contributed by atoms with van der Waals surface area (Å²) in [5.41, 5.74) is 1.06. The minimum absolute atomic E-state index is 0.241. The maximum atomic E-state index is 5.65. The number of tetrazole rings is 1. The Morgan fingerprint density at radius 2 is 2.32 bits per heavy atom. The zero-order valence-electron chi connectivity index (χ0n) is 11.9. The van der Waals surface area contributed by atoms with Gasteiger partial charge >= 0.3 is 0 Å². The number of rotatable bonds is 5. The number of thiazole rings is 1. The molecule has 114 valence electrons. The molecular weight excluding hydrogens is 318 g/mol. The van der Waals surface area contributed by atoms with Gasteiger partial charge in [0.15, 0.2) is 0 Å². The molecule has 1 saturated heterocycles. The first-order valence-electron chi connectivity index (χ1n) is 7.23. The molecule has 0 saturated carbocycles. The second-order valence-corrected chi connectivity index (χ2v) is 7.20. The molecule has 6 nitrogen and oxygen atoms in total. The lowest BCUT2D eigenvalue weighted by Gasteiger charge is -2.09. The largest absolute Gasteiger partial charge is 0.376 e. The van der Waals surface area contributed by atoms with Crippen molar-refractivity contribution in [3.05, 3.63) is 29.3 Å². The fraction of sp³-hybridized carbons (Fsp3) is 0.429. The maximum absolute atomic E-state index is 5.65. The van der Waals surface area contributed by atoms with Crippen molar-refractivity contribution < 1.29 is 4.74 Å². The zero-order chi connectivity index (χ0) is 14.8. The fourth-order valence-electron chi connectivity index (χ4n) is 2.50. The highest BCUT2D eigenvalue weighted by molar-refractivity contribution is 7.98. The molecule has 1 aliphatic heterocycles. The molecule has 3 heterocycles. The first kappa shape index (κ1) is 14.1. The van der Waals surface area contributed by atoms with Gasteiger partial charge in [0, 0.05) is 6.61 Å². The highest BCUT2D eigenvalue weighted by Gasteiger charge is 2.19. The van der Waals surface area contributed by atoms with E-state index >= 15 is 0 Å². The summed E-state index contributed by atoms with van der Waals surface area (Å²) in [6.45, 7) is 1.58. The van der Waals surface area contributed by atoms with E-state index in [0.717, 1.165) is 47.4 Å². The Labute approximate surface area is 135 Å². The summed E-state index contributed by atoms with van der Waals surface area (Å²) in [6, 6.07) is 8.20. The van der Waals surface area contributed by atoms with Crippen LogP contribution < -0.4 is 0 Å². The number of fused-ring (bicyclic) bond motifs is 1. The third-order valence-electron chi connectivity index (χ3n) is 3.56. The van der Waals surface area contributed by atoms with Crippen LogP contribution in [0.15, 0.2) is 29.4 Å². The Bertz CT molecular complexity index is 732. The van der Waals surface area contributed by atoms with Gasteiger partial charge in [-0.2, -0.15) is 0 Å². The first-order chi connectivity index (χ1) is 10.9. The van der Waals surface area contributed by atoms with Gasteiger partial charge in [-0.25, -0.2) is 9.67 Å². The van der Waals surface area contributed by atoms with Crippen LogP contribution in [0, 0.1) is 0 Å². The van der Waals surface area contributed by atoms with E-state index in [1.807, 2.05) is 22.9 Å². The van der Waals surface area contributed by atoms with Gasteiger partial charge in [0.25, 0.3) is 0 Å². The molecule has 0 unspecified atom stereocenters. The standard InChI is InChI=1S/C14H15N5OS2/c1-2-6-12-11(5-1)15-13(22-12)9-21-14-16-17-18-19(14)8-10-4-3-7-20-10/h1-2,5-6,10H,3-4,7-9H2/t10-/m0/s1. The molecule has 0 aliphatic carbocycles. The number of thioether (sulfide) groups is 1. The Balaban J connectivity index is 1.44. The molecule has 0 amide bonds. The molecule has 1 aromatic carbocycles. The molecule has 1 fully saturated rings. The Morgan fingerprint density at radius 3 is 3.18 bits per heavy atom. The van der Waals surface area contributed by atoms with E-state index in [0.29, 0.717) is 0 Å². The molecule has 4 rings (SSSR count). The van der Waals surface area contributed by atoms with Crippen LogP contribution in [0.1, 0.15) is 17.8 Å². The van der Waals surface area contributed by atoms with E-state index in [1.54, 1.807) is 23.1 Å². The van der Waals surface area contributed by atoms with E-state index < -0.39 is 0 Å². The summed E-state index contributed by atoms with van der Waals surface area (Å²) in [6.07, 6.45) is 2.45. The second-order valence-electron chi connectivity index (χ2n) is 5.14. The van der Waals surface area contributed by atoms with Crippen LogP contribution in [-0.2, 0) is 17.0 Å². The highest BCUT2D eigenvalue weighted by atomic mass is 32.2. The molecule has 0 bridgehead atoms. The monoisotopic (exact) mass is 333 g/mol. The average molecular weight is 333 g/mol. The quantitative estimate of drug-likeness (QED) is 0.669. The van der Waals surface area contributed by atoms with Gasteiger partial charge in [0.05, 0.1) is 28.6 Å². The van der Waals surface area contributed by atoms with Gasteiger partial charge in [-0.1, -0.05) is 23.9 Å². The Hall–Kier alpha value is -1.51. The van der Waals surface area contributed by atoms with E-state index in [4.69, 9.17) is 4.74 Å². The molecule has 2 aromatic heterocycles. The topological polar surface area (TPSA) is 65.7 Å². The highest BCUT2D eigenvalue weighted by Crippen LogP contribution is 2.27. The van der Waals surface area contributed by atoms with Gasteiger partial charge in [-0.3, -0.25) is 0 Å². The third kappa shape index (κ3) is 2.99. The first-order valence-corrected chi connectivity index (χ1v) is 9.04. The number of benzene rings is 1. The van der Waals surface area contributed by atoms with Crippen molar-refractivity contribution in [2.24, 2.45) is 0 Å². The summed E-state index contributed by atoms with van der Waals surface area (Å²) < 4.78 is 8.71. The van der Waals surface area contributed by atoms with Crippen LogP contribution in [0.3, 0.4) is 0 Å². The van der Waals surface area contributed by atoms with E-state index in [9.17, 15) is 0 Å². The number of aromatic nitrogens is 5. The number of hydrogen-bond donors (Lipinski definition) is 0. The van der Waals surface area contributed by atoms with Gasteiger partial charge in [-0.05, 0) is 35.4 Å². The summed E-state index contributed by atoms with van der Waals surface area (Å²) in [7, 11) is 0. The Kier molecular flexibility index (Phi) is 4.05. The van der Waals surface area contributed by atoms with Crippen LogP contribution in [0.2, 0.25) is 0 Å². The number of nitrogens with zero attached hydrogens (tertiary/aromatic N) is 5. The van der Waals surface area contributed by atoms with Crippen molar-refractivity contribution in [2.45, 2.75) is 36.4 Å². The van der Waals surface area contributed by atoms with Crippen LogP contribution in [0.25, 0.3) is 10.2 Å². The summed E-state index contributed by atoms with van der Waals surface area (Å²) in [5, 5.41) is 13.9. The Morgan fingerprint density at radius 1 is 1.36 bits per heavy atom. The predicted molar refractivity (Wildman–Crippen MR) is 86.0 cm³/mol. The third-order valence-corrected chi connectivity index (χ3v) is 5.75. The molecule has 0 spiro atoms. The van der Waals surface area contributed by atoms with Crippen LogP contribution >= 0.6 is 23.1 Å². The molecule has 3 aromatic rings. The number of hydrogen-bond acceptors (Lipinski definition) is 7. The van der Waals surface area contributed by atoms with E-state index in [2.05, 4.69) is 26.6 Å². The lowest BCUT2D eigenvalue weighted by atomic mass is 10.2. The lowest BCUT2D eigenvalue weighted by Crippen LogP contribution is -2.16. The molecule has 8 heteroatoms. The molecule has 1 atom stereocenters. The second kappa shape index (κ2) is 6.31. The van der Waals surface area contributed by atoms with Crippen LogP contribution in [0.4, 0.5) is 0 Å². The molecule has 0 N–H and O–H groups in total. The van der Waals surface area contributed by atoms with Gasteiger partial charge in [0.1, 0.15) is 5.01 Å². The van der Waals surface area contributed by atoms with E-state index in [-0.39, 0.29) is 6.10 Å².